The van der Waals surface area contributed by atoms with Crippen molar-refractivity contribution in [1.29, 1.82) is 0 Å². The molecule has 1 aliphatic heterocycles. The first-order valence-electron chi connectivity index (χ1n) is 7.03. The van der Waals surface area contributed by atoms with E-state index in [0.29, 0.717) is 21.4 Å². The van der Waals surface area contributed by atoms with Crippen LogP contribution in [0.25, 0.3) is 0 Å². The summed E-state index contributed by atoms with van der Waals surface area (Å²) in [6.45, 7) is 1.60. The Labute approximate surface area is 155 Å². The van der Waals surface area contributed by atoms with E-state index < -0.39 is 0 Å². The average molecular weight is 386 g/mol. The van der Waals surface area contributed by atoms with Gasteiger partial charge in [0.15, 0.2) is 0 Å². The molecular weight excluding hydrogens is 371 g/mol. The summed E-state index contributed by atoms with van der Waals surface area (Å²) >= 11 is 11.9. The van der Waals surface area contributed by atoms with Gasteiger partial charge in [-0.3, -0.25) is 4.99 Å². The predicted molar refractivity (Wildman–Crippen MR) is 102 cm³/mol. The molecule has 1 heterocycles. The van der Waals surface area contributed by atoms with Crippen molar-refractivity contribution in [2.45, 2.75) is 0 Å². The summed E-state index contributed by atoms with van der Waals surface area (Å²) in [5, 5.41) is 9.55. The van der Waals surface area contributed by atoms with Crippen molar-refractivity contribution in [3.63, 3.8) is 0 Å². The number of rotatable bonds is 3. The van der Waals surface area contributed by atoms with E-state index in [4.69, 9.17) is 23.2 Å². The first-order valence-corrected chi connectivity index (χ1v) is 7.79. The van der Waals surface area contributed by atoms with Crippen LogP contribution in [-0.2, 0) is 0 Å². The Balaban J connectivity index is 0.00000208. The molecule has 8 heteroatoms. The third kappa shape index (κ3) is 4.54. The molecule has 3 N–H and O–H groups in total. The van der Waals surface area contributed by atoms with Crippen molar-refractivity contribution in [3.8, 4) is 0 Å². The Bertz CT molecular complexity index is 780. The van der Waals surface area contributed by atoms with Crippen LogP contribution >= 0.6 is 35.6 Å². The molecule has 2 amide bonds. The van der Waals surface area contributed by atoms with Gasteiger partial charge in [-0.25, -0.2) is 4.79 Å². The van der Waals surface area contributed by atoms with E-state index in [9.17, 15) is 4.79 Å². The molecule has 24 heavy (non-hydrogen) atoms. The van der Waals surface area contributed by atoms with Crippen molar-refractivity contribution >= 4 is 58.9 Å². The van der Waals surface area contributed by atoms with Gasteiger partial charge >= 0.3 is 6.03 Å². The third-order valence-corrected chi connectivity index (χ3v) is 3.80. The van der Waals surface area contributed by atoms with Crippen LogP contribution < -0.4 is 16.0 Å². The molecular formula is C16H15Cl3N4O. The van der Waals surface area contributed by atoms with Gasteiger partial charge in [0.25, 0.3) is 0 Å². The fourth-order valence-electron chi connectivity index (χ4n) is 2.21. The average Bonchev–Trinajstić information content (AvgIpc) is 3.05. The number of hydrogen-bond donors (Lipinski definition) is 3. The van der Waals surface area contributed by atoms with Crippen LogP contribution in [0, 0.1) is 0 Å². The number of urea groups is 1. The zero-order chi connectivity index (χ0) is 16.2. The summed E-state index contributed by atoms with van der Waals surface area (Å²) in [7, 11) is 0. The third-order valence-electron chi connectivity index (χ3n) is 3.25. The minimum Gasteiger partial charge on any atom is -0.368 e. The summed E-state index contributed by atoms with van der Waals surface area (Å²) in [5.74, 6) is 0.842. The quantitative estimate of drug-likeness (QED) is 0.733. The SMILES string of the molecule is Cl.O=C(Nc1cccc(C2=NCCN2)c1)Nc1ccc(Cl)cc1Cl. The van der Waals surface area contributed by atoms with Crippen LogP contribution in [-0.4, -0.2) is 25.0 Å². The number of benzene rings is 2. The van der Waals surface area contributed by atoms with Gasteiger partial charge in [0.1, 0.15) is 5.84 Å². The molecule has 5 nitrogen and oxygen atoms in total. The second-order valence-electron chi connectivity index (χ2n) is 4.94. The monoisotopic (exact) mass is 384 g/mol. The van der Waals surface area contributed by atoms with Gasteiger partial charge in [-0.05, 0) is 30.3 Å². The van der Waals surface area contributed by atoms with E-state index in [0.717, 1.165) is 24.5 Å². The van der Waals surface area contributed by atoms with Crippen LogP contribution in [0.2, 0.25) is 10.0 Å². The van der Waals surface area contributed by atoms with Gasteiger partial charge in [-0.1, -0.05) is 35.3 Å². The maximum atomic E-state index is 12.1. The number of carbonyl (C=O) groups is 1. The summed E-state index contributed by atoms with van der Waals surface area (Å²) in [4.78, 5) is 16.5. The van der Waals surface area contributed by atoms with Gasteiger partial charge < -0.3 is 16.0 Å². The zero-order valence-electron chi connectivity index (χ0n) is 12.5. The van der Waals surface area contributed by atoms with Crippen LogP contribution in [0.5, 0.6) is 0 Å². The van der Waals surface area contributed by atoms with Crippen LogP contribution in [0.1, 0.15) is 5.56 Å². The van der Waals surface area contributed by atoms with E-state index in [1.807, 2.05) is 24.3 Å². The van der Waals surface area contributed by atoms with Gasteiger partial charge in [0.05, 0.1) is 17.3 Å². The molecule has 0 bridgehead atoms. The topological polar surface area (TPSA) is 65.5 Å². The van der Waals surface area contributed by atoms with Crippen LogP contribution in [0.4, 0.5) is 16.2 Å². The number of nitrogens with one attached hydrogen (secondary N) is 3. The van der Waals surface area contributed by atoms with Crippen molar-refractivity contribution < 1.29 is 4.79 Å². The van der Waals surface area contributed by atoms with Crippen molar-refractivity contribution in [1.82, 2.24) is 5.32 Å². The number of aliphatic imine (C=N–C) groups is 1. The highest BCUT2D eigenvalue weighted by molar-refractivity contribution is 6.36. The standard InChI is InChI=1S/C16H14Cl2N4O.ClH/c17-11-4-5-14(13(18)9-11)22-16(23)21-12-3-1-2-10(8-12)15-19-6-7-20-15;/h1-5,8-9H,6-7H2,(H,19,20)(H2,21,22,23);1H. The number of amides is 2. The number of halogens is 3. The first-order chi connectivity index (χ1) is 11.1. The molecule has 0 radical (unpaired) electrons. The molecule has 0 saturated heterocycles. The second-order valence-corrected chi connectivity index (χ2v) is 5.78. The van der Waals surface area contributed by atoms with E-state index in [-0.39, 0.29) is 18.4 Å². The Morgan fingerprint density at radius 2 is 1.96 bits per heavy atom. The van der Waals surface area contributed by atoms with Crippen LogP contribution in [0.15, 0.2) is 47.5 Å². The maximum absolute atomic E-state index is 12.1. The Morgan fingerprint density at radius 1 is 1.12 bits per heavy atom. The van der Waals surface area contributed by atoms with Crippen LogP contribution in [0.3, 0.4) is 0 Å². The van der Waals surface area contributed by atoms with Crippen molar-refractivity contribution in [2.24, 2.45) is 4.99 Å². The van der Waals surface area contributed by atoms with E-state index >= 15 is 0 Å². The lowest BCUT2D eigenvalue weighted by Crippen LogP contribution is -2.21. The van der Waals surface area contributed by atoms with Crippen molar-refractivity contribution in [3.05, 3.63) is 58.1 Å². The second kappa shape index (κ2) is 8.24. The molecule has 1 aliphatic rings. The number of anilines is 2. The molecule has 0 aliphatic carbocycles. The summed E-state index contributed by atoms with van der Waals surface area (Å²) < 4.78 is 0. The van der Waals surface area contributed by atoms with E-state index in [2.05, 4.69) is 20.9 Å². The van der Waals surface area contributed by atoms with E-state index in [1.165, 1.54) is 0 Å². The fraction of sp³-hybridized carbons (Fsp3) is 0.125. The zero-order valence-corrected chi connectivity index (χ0v) is 14.8. The smallest absolute Gasteiger partial charge is 0.323 e. The lowest BCUT2D eigenvalue weighted by Gasteiger charge is -2.10. The minimum atomic E-state index is -0.382. The fourth-order valence-corrected chi connectivity index (χ4v) is 2.67. The Kier molecular flexibility index (Phi) is 6.31. The molecule has 0 unspecified atom stereocenters. The molecule has 0 saturated carbocycles. The summed E-state index contributed by atoms with van der Waals surface area (Å²) in [6, 6.07) is 12.0. The van der Waals surface area contributed by atoms with Gasteiger partial charge in [0.2, 0.25) is 0 Å². The van der Waals surface area contributed by atoms with Gasteiger partial charge in [0, 0.05) is 22.8 Å². The predicted octanol–water partition coefficient (Wildman–Crippen LogP) is 4.41. The molecule has 0 spiro atoms. The molecule has 2 aromatic rings. The molecule has 126 valence electrons. The Morgan fingerprint density at radius 3 is 2.67 bits per heavy atom. The highest BCUT2D eigenvalue weighted by atomic mass is 35.5. The van der Waals surface area contributed by atoms with Gasteiger partial charge in [-0.2, -0.15) is 0 Å². The molecule has 0 atom stereocenters. The number of amidine groups is 1. The molecule has 0 aromatic heterocycles. The highest BCUT2D eigenvalue weighted by Crippen LogP contribution is 2.25. The summed E-state index contributed by atoms with van der Waals surface area (Å²) in [6.07, 6.45) is 0. The highest BCUT2D eigenvalue weighted by Gasteiger charge is 2.10. The normalized spacial score (nSPS) is 12.7. The number of hydrogen-bond acceptors (Lipinski definition) is 3. The lowest BCUT2D eigenvalue weighted by molar-refractivity contribution is 0.262. The van der Waals surface area contributed by atoms with Gasteiger partial charge in [-0.15, -0.1) is 12.4 Å². The molecule has 0 fully saturated rings. The van der Waals surface area contributed by atoms with Crippen molar-refractivity contribution in [2.75, 3.05) is 23.7 Å². The molecule has 3 rings (SSSR count). The minimum absolute atomic E-state index is 0. The number of nitrogens with zero attached hydrogens (tertiary/aromatic N) is 1. The molecule has 2 aromatic carbocycles. The number of carbonyl (C=O) groups excluding carboxylic acids is 1. The first kappa shape index (κ1) is 18.4. The Hall–Kier alpha value is -1.95. The maximum Gasteiger partial charge on any atom is 0.323 e. The van der Waals surface area contributed by atoms with E-state index in [1.54, 1.807) is 18.2 Å². The largest absolute Gasteiger partial charge is 0.368 e. The lowest BCUT2D eigenvalue weighted by atomic mass is 10.2. The summed E-state index contributed by atoms with van der Waals surface area (Å²) in [5.41, 5.74) is 2.10.